The zero-order chi connectivity index (χ0) is 14.4. The molecule has 1 atom stereocenters. The van der Waals surface area contributed by atoms with Crippen molar-refractivity contribution in [1.82, 2.24) is 0 Å². The number of benzene rings is 2. The minimum atomic E-state index is 0.0474. The van der Waals surface area contributed by atoms with E-state index in [0.29, 0.717) is 0 Å². The molecule has 0 fully saturated rings. The van der Waals surface area contributed by atoms with Crippen LogP contribution in [-0.2, 0) is 5.41 Å². The number of ether oxygens (including phenoxy) is 1. The highest BCUT2D eigenvalue weighted by Crippen LogP contribution is 2.37. The number of methoxy groups -OCH3 is 1. The summed E-state index contributed by atoms with van der Waals surface area (Å²) in [6.45, 7) is 4.59. The van der Waals surface area contributed by atoms with Crippen LogP contribution in [0.3, 0.4) is 0 Å². The van der Waals surface area contributed by atoms with Gasteiger partial charge in [-0.2, -0.15) is 0 Å². The Labute approximate surface area is 122 Å². The first-order valence-corrected chi connectivity index (χ1v) is 7.41. The van der Waals surface area contributed by atoms with Crippen molar-refractivity contribution in [3.8, 4) is 5.75 Å². The second kappa shape index (κ2) is 6.60. The molecule has 0 saturated heterocycles. The molecule has 0 saturated carbocycles. The molecule has 106 valence electrons. The van der Waals surface area contributed by atoms with Crippen molar-refractivity contribution in [1.29, 1.82) is 0 Å². The molecule has 2 aromatic rings. The van der Waals surface area contributed by atoms with Gasteiger partial charge < -0.3 is 4.74 Å². The summed E-state index contributed by atoms with van der Waals surface area (Å²) < 4.78 is 5.39. The summed E-state index contributed by atoms with van der Waals surface area (Å²) in [7, 11) is 1.73. The standard InChI is InChI=1S/C19H24O/c1-4-5-14-19(2,16-10-7-6-8-11-16)17-12-9-13-18(15-17)20-3/h6-13,15H,4-5,14H2,1-3H3/t19-/m1/s1. The van der Waals surface area contributed by atoms with Crippen molar-refractivity contribution in [3.63, 3.8) is 0 Å². The van der Waals surface area contributed by atoms with E-state index in [1.807, 2.05) is 6.07 Å². The maximum absolute atomic E-state index is 5.39. The molecule has 0 bridgehead atoms. The van der Waals surface area contributed by atoms with E-state index in [1.54, 1.807) is 7.11 Å². The zero-order valence-corrected chi connectivity index (χ0v) is 12.7. The highest BCUT2D eigenvalue weighted by molar-refractivity contribution is 5.41. The second-order valence-corrected chi connectivity index (χ2v) is 5.53. The first kappa shape index (κ1) is 14.6. The van der Waals surface area contributed by atoms with Gasteiger partial charge in [-0.3, -0.25) is 0 Å². The number of hydrogen-bond donors (Lipinski definition) is 0. The van der Waals surface area contributed by atoms with Crippen LogP contribution < -0.4 is 4.74 Å². The van der Waals surface area contributed by atoms with Crippen LogP contribution in [0.25, 0.3) is 0 Å². The first-order chi connectivity index (χ1) is 9.70. The molecule has 0 N–H and O–H groups in total. The van der Waals surface area contributed by atoms with Gasteiger partial charge >= 0.3 is 0 Å². The average molecular weight is 268 g/mol. The lowest BCUT2D eigenvalue weighted by Crippen LogP contribution is -2.23. The van der Waals surface area contributed by atoms with Gasteiger partial charge in [0.05, 0.1) is 7.11 Å². The summed E-state index contributed by atoms with van der Waals surface area (Å²) in [6.07, 6.45) is 3.59. The molecular weight excluding hydrogens is 244 g/mol. The molecule has 0 unspecified atom stereocenters. The molecule has 0 aliphatic heterocycles. The van der Waals surface area contributed by atoms with Gasteiger partial charge in [-0.1, -0.05) is 69.2 Å². The molecular formula is C19H24O. The number of unbranched alkanes of at least 4 members (excludes halogenated alkanes) is 1. The summed E-state index contributed by atoms with van der Waals surface area (Å²) in [5.41, 5.74) is 2.75. The van der Waals surface area contributed by atoms with Crippen molar-refractivity contribution in [2.24, 2.45) is 0 Å². The van der Waals surface area contributed by atoms with Crippen molar-refractivity contribution in [3.05, 3.63) is 65.7 Å². The lowest BCUT2D eigenvalue weighted by Gasteiger charge is -2.31. The van der Waals surface area contributed by atoms with E-state index in [0.717, 1.165) is 12.2 Å². The average Bonchev–Trinajstić information content (AvgIpc) is 2.53. The Morgan fingerprint density at radius 2 is 1.65 bits per heavy atom. The fourth-order valence-corrected chi connectivity index (χ4v) is 2.76. The minimum absolute atomic E-state index is 0.0474. The van der Waals surface area contributed by atoms with Crippen LogP contribution >= 0.6 is 0 Å². The topological polar surface area (TPSA) is 9.23 Å². The SMILES string of the molecule is CCCC[C@](C)(c1ccccc1)c1cccc(OC)c1. The fourth-order valence-electron chi connectivity index (χ4n) is 2.76. The predicted molar refractivity (Wildman–Crippen MR) is 85.4 cm³/mol. The lowest BCUT2D eigenvalue weighted by molar-refractivity contribution is 0.411. The van der Waals surface area contributed by atoms with Crippen LogP contribution in [0.4, 0.5) is 0 Å². The Balaban J connectivity index is 2.45. The van der Waals surface area contributed by atoms with E-state index in [1.165, 1.54) is 24.0 Å². The van der Waals surface area contributed by atoms with Crippen LogP contribution in [0.5, 0.6) is 5.75 Å². The normalized spacial score (nSPS) is 13.8. The van der Waals surface area contributed by atoms with Gasteiger partial charge in [-0.15, -0.1) is 0 Å². The quantitative estimate of drug-likeness (QED) is 0.700. The maximum atomic E-state index is 5.39. The summed E-state index contributed by atoms with van der Waals surface area (Å²) in [5.74, 6) is 0.932. The van der Waals surface area contributed by atoms with Crippen LogP contribution in [0.15, 0.2) is 54.6 Å². The van der Waals surface area contributed by atoms with Crippen LogP contribution in [0, 0.1) is 0 Å². The minimum Gasteiger partial charge on any atom is -0.497 e. The van der Waals surface area contributed by atoms with Crippen LogP contribution in [0.2, 0.25) is 0 Å². The third kappa shape index (κ3) is 3.04. The highest BCUT2D eigenvalue weighted by atomic mass is 16.5. The number of hydrogen-bond acceptors (Lipinski definition) is 1. The molecule has 0 amide bonds. The van der Waals surface area contributed by atoms with Gasteiger partial charge in [-0.05, 0) is 29.7 Å². The molecule has 0 aromatic heterocycles. The number of rotatable bonds is 6. The Morgan fingerprint density at radius 1 is 0.950 bits per heavy atom. The van der Waals surface area contributed by atoms with E-state index in [4.69, 9.17) is 4.74 Å². The van der Waals surface area contributed by atoms with Crippen molar-refractivity contribution in [2.45, 2.75) is 38.5 Å². The van der Waals surface area contributed by atoms with Crippen molar-refractivity contribution < 1.29 is 4.74 Å². The van der Waals surface area contributed by atoms with E-state index in [-0.39, 0.29) is 5.41 Å². The molecule has 1 nitrogen and oxygen atoms in total. The predicted octanol–water partition coefficient (Wildman–Crippen LogP) is 5.19. The molecule has 2 aromatic carbocycles. The molecule has 20 heavy (non-hydrogen) atoms. The zero-order valence-electron chi connectivity index (χ0n) is 12.7. The molecule has 0 radical (unpaired) electrons. The first-order valence-electron chi connectivity index (χ1n) is 7.41. The summed E-state index contributed by atoms with van der Waals surface area (Å²) in [4.78, 5) is 0. The molecule has 0 spiro atoms. The Hall–Kier alpha value is -1.76. The molecule has 2 rings (SSSR count). The summed E-state index contributed by atoms with van der Waals surface area (Å²) >= 11 is 0. The van der Waals surface area contributed by atoms with Crippen LogP contribution in [-0.4, -0.2) is 7.11 Å². The van der Waals surface area contributed by atoms with Gasteiger partial charge in [0.2, 0.25) is 0 Å². The van der Waals surface area contributed by atoms with Gasteiger partial charge in [0, 0.05) is 5.41 Å². The van der Waals surface area contributed by atoms with Crippen LogP contribution in [0.1, 0.15) is 44.2 Å². The Kier molecular flexibility index (Phi) is 4.84. The molecule has 0 aliphatic rings. The van der Waals surface area contributed by atoms with Crippen molar-refractivity contribution >= 4 is 0 Å². The van der Waals surface area contributed by atoms with E-state index < -0.39 is 0 Å². The van der Waals surface area contributed by atoms with E-state index in [2.05, 4.69) is 62.4 Å². The Bertz CT molecular complexity index is 532. The molecule has 0 heterocycles. The van der Waals surface area contributed by atoms with Gasteiger partial charge in [-0.25, -0.2) is 0 Å². The molecule has 1 heteroatoms. The largest absolute Gasteiger partial charge is 0.497 e. The van der Waals surface area contributed by atoms with Crippen molar-refractivity contribution in [2.75, 3.05) is 7.11 Å². The summed E-state index contributed by atoms with van der Waals surface area (Å²) in [5, 5.41) is 0. The van der Waals surface area contributed by atoms with E-state index in [9.17, 15) is 0 Å². The third-order valence-corrected chi connectivity index (χ3v) is 4.15. The van der Waals surface area contributed by atoms with E-state index >= 15 is 0 Å². The third-order valence-electron chi connectivity index (χ3n) is 4.15. The smallest absolute Gasteiger partial charge is 0.119 e. The fraction of sp³-hybridized carbons (Fsp3) is 0.368. The van der Waals surface area contributed by atoms with Gasteiger partial charge in [0.1, 0.15) is 5.75 Å². The highest BCUT2D eigenvalue weighted by Gasteiger charge is 2.28. The lowest BCUT2D eigenvalue weighted by atomic mass is 9.73. The van der Waals surface area contributed by atoms with Gasteiger partial charge in [0.25, 0.3) is 0 Å². The molecule has 0 aliphatic carbocycles. The monoisotopic (exact) mass is 268 g/mol. The summed E-state index contributed by atoms with van der Waals surface area (Å²) in [6, 6.07) is 19.3. The van der Waals surface area contributed by atoms with Gasteiger partial charge in [0.15, 0.2) is 0 Å². The second-order valence-electron chi connectivity index (χ2n) is 5.53. The Morgan fingerprint density at radius 3 is 2.30 bits per heavy atom. The maximum Gasteiger partial charge on any atom is 0.119 e.